The zero-order valence-electron chi connectivity index (χ0n) is 10.4. The molecule has 106 valence electrons. The Morgan fingerprint density at radius 2 is 2.11 bits per heavy atom. The van der Waals surface area contributed by atoms with Gasteiger partial charge in [0.2, 0.25) is 0 Å². The van der Waals surface area contributed by atoms with Crippen LogP contribution in [0.3, 0.4) is 0 Å². The molecule has 19 heavy (non-hydrogen) atoms. The molecule has 0 saturated carbocycles. The van der Waals surface area contributed by atoms with Crippen LogP contribution in [0.2, 0.25) is 0 Å². The van der Waals surface area contributed by atoms with E-state index in [1.165, 1.54) is 4.68 Å². The predicted octanol–water partition coefficient (Wildman–Crippen LogP) is 1.99. The minimum absolute atomic E-state index is 0.0887. The summed E-state index contributed by atoms with van der Waals surface area (Å²) in [5.41, 5.74) is -0.862. The molecule has 1 atom stereocenters. The average molecular weight is 275 g/mol. The van der Waals surface area contributed by atoms with Gasteiger partial charge in [-0.25, -0.2) is 0 Å². The van der Waals surface area contributed by atoms with E-state index in [4.69, 9.17) is 4.74 Å². The second kappa shape index (κ2) is 4.49. The quantitative estimate of drug-likeness (QED) is 0.852. The van der Waals surface area contributed by atoms with Crippen molar-refractivity contribution in [3.05, 3.63) is 18.0 Å². The van der Waals surface area contributed by atoms with Crippen LogP contribution in [0.15, 0.2) is 12.4 Å². The molecule has 4 nitrogen and oxygen atoms in total. The number of hydrogen-bond acceptors (Lipinski definition) is 3. The Bertz CT molecular complexity index is 451. The lowest BCUT2D eigenvalue weighted by Crippen LogP contribution is -2.41. The standard InChI is InChI=1S/C12H16F3N3O/c13-12(14,15)9-6-17-18(7-9)10-5-11(19-8-10)1-3-16-4-2-11/h6-7,10,16H,1-5,8H2. The molecule has 2 fully saturated rings. The summed E-state index contributed by atoms with van der Waals surface area (Å²) in [4.78, 5) is 0. The molecule has 0 aromatic carbocycles. The van der Waals surface area contributed by atoms with E-state index < -0.39 is 11.7 Å². The molecule has 0 radical (unpaired) electrons. The van der Waals surface area contributed by atoms with Gasteiger partial charge < -0.3 is 10.1 Å². The van der Waals surface area contributed by atoms with E-state index in [1.807, 2.05) is 0 Å². The largest absolute Gasteiger partial charge is 0.419 e. The molecule has 3 rings (SSSR count). The van der Waals surface area contributed by atoms with E-state index >= 15 is 0 Å². The zero-order chi connectivity index (χ0) is 13.5. The van der Waals surface area contributed by atoms with Crippen LogP contribution in [0.5, 0.6) is 0 Å². The van der Waals surface area contributed by atoms with Gasteiger partial charge in [-0.15, -0.1) is 0 Å². The highest BCUT2D eigenvalue weighted by atomic mass is 19.4. The molecule has 7 heteroatoms. The van der Waals surface area contributed by atoms with Gasteiger partial charge >= 0.3 is 6.18 Å². The number of piperidine rings is 1. The molecule has 1 spiro atoms. The van der Waals surface area contributed by atoms with E-state index in [0.717, 1.165) is 44.7 Å². The van der Waals surface area contributed by atoms with Crippen LogP contribution < -0.4 is 5.32 Å². The molecule has 3 heterocycles. The van der Waals surface area contributed by atoms with Crippen LogP contribution >= 0.6 is 0 Å². The number of aromatic nitrogens is 2. The Balaban J connectivity index is 1.72. The molecule has 0 bridgehead atoms. The van der Waals surface area contributed by atoms with E-state index in [-0.39, 0.29) is 11.6 Å². The molecular weight excluding hydrogens is 259 g/mol. The molecule has 2 aliphatic heterocycles. The molecule has 1 N–H and O–H groups in total. The summed E-state index contributed by atoms with van der Waals surface area (Å²) in [5, 5.41) is 7.11. The first-order chi connectivity index (χ1) is 8.99. The summed E-state index contributed by atoms with van der Waals surface area (Å²) >= 11 is 0. The van der Waals surface area contributed by atoms with Crippen molar-refractivity contribution in [2.45, 2.75) is 37.1 Å². The van der Waals surface area contributed by atoms with Gasteiger partial charge in [0.25, 0.3) is 0 Å². The maximum atomic E-state index is 12.5. The zero-order valence-corrected chi connectivity index (χ0v) is 10.4. The van der Waals surface area contributed by atoms with Crippen LogP contribution in [-0.2, 0) is 10.9 Å². The van der Waals surface area contributed by atoms with Crippen LogP contribution in [0.25, 0.3) is 0 Å². The Labute approximate surface area is 108 Å². The highest BCUT2D eigenvalue weighted by Gasteiger charge is 2.42. The Kier molecular flexibility index (Phi) is 3.05. The lowest BCUT2D eigenvalue weighted by Gasteiger charge is -2.32. The van der Waals surface area contributed by atoms with Crippen molar-refractivity contribution in [3.63, 3.8) is 0 Å². The molecule has 1 aromatic heterocycles. The second-order valence-corrected chi connectivity index (χ2v) is 5.31. The van der Waals surface area contributed by atoms with E-state index in [2.05, 4.69) is 10.4 Å². The Morgan fingerprint density at radius 1 is 1.37 bits per heavy atom. The maximum Gasteiger partial charge on any atom is 0.419 e. The average Bonchev–Trinajstić information content (AvgIpc) is 2.96. The van der Waals surface area contributed by atoms with Gasteiger partial charge in [0, 0.05) is 12.6 Å². The van der Waals surface area contributed by atoms with Crippen molar-refractivity contribution < 1.29 is 17.9 Å². The molecular formula is C12H16F3N3O. The van der Waals surface area contributed by atoms with Crippen LogP contribution in [0, 0.1) is 0 Å². The van der Waals surface area contributed by atoms with Crippen molar-refractivity contribution in [3.8, 4) is 0 Å². The van der Waals surface area contributed by atoms with E-state index in [1.54, 1.807) is 0 Å². The van der Waals surface area contributed by atoms with Crippen molar-refractivity contribution in [2.75, 3.05) is 19.7 Å². The molecule has 1 unspecified atom stereocenters. The molecule has 2 aliphatic rings. The van der Waals surface area contributed by atoms with Crippen molar-refractivity contribution in [1.82, 2.24) is 15.1 Å². The minimum Gasteiger partial charge on any atom is -0.373 e. The van der Waals surface area contributed by atoms with Crippen molar-refractivity contribution in [1.29, 1.82) is 0 Å². The third-order valence-corrected chi connectivity index (χ3v) is 4.01. The van der Waals surface area contributed by atoms with Crippen LogP contribution in [0.1, 0.15) is 30.9 Å². The number of hydrogen-bond donors (Lipinski definition) is 1. The van der Waals surface area contributed by atoms with Crippen LogP contribution in [-0.4, -0.2) is 35.1 Å². The number of alkyl halides is 3. The molecule has 0 aliphatic carbocycles. The predicted molar refractivity (Wildman–Crippen MR) is 61.7 cm³/mol. The summed E-state index contributed by atoms with van der Waals surface area (Å²) in [6, 6.07) is -0.0887. The lowest BCUT2D eigenvalue weighted by molar-refractivity contribution is -0.137. The first-order valence-corrected chi connectivity index (χ1v) is 6.45. The SMILES string of the molecule is FC(F)(F)c1cnn(C2COC3(CCNCC3)C2)c1. The monoisotopic (exact) mass is 275 g/mol. The summed E-state index contributed by atoms with van der Waals surface area (Å²) in [6.45, 7) is 2.25. The normalized spacial score (nSPS) is 27.0. The van der Waals surface area contributed by atoms with E-state index in [0.29, 0.717) is 6.61 Å². The fourth-order valence-electron chi connectivity index (χ4n) is 2.91. The van der Waals surface area contributed by atoms with Crippen molar-refractivity contribution >= 4 is 0 Å². The summed E-state index contributed by atoms with van der Waals surface area (Å²) in [6.07, 6.45) is 0.202. The molecule has 1 aromatic rings. The first-order valence-electron chi connectivity index (χ1n) is 6.45. The molecule has 0 amide bonds. The fraction of sp³-hybridized carbons (Fsp3) is 0.750. The number of nitrogens with zero attached hydrogens (tertiary/aromatic N) is 2. The third kappa shape index (κ3) is 2.49. The molecule has 2 saturated heterocycles. The second-order valence-electron chi connectivity index (χ2n) is 5.31. The highest BCUT2D eigenvalue weighted by Crippen LogP contribution is 2.39. The number of nitrogens with one attached hydrogen (secondary N) is 1. The Morgan fingerprint density at radius 3 is 2.74 bits per heavy atom. The van der Waals surface area contributed by atoms with Gasteiger partial charge in [0.05, 0.1) is 30.0 Å². The number of halogens is 3. The summed E-state index contributed by atoms with van der Waals surface area (Å²) in [7, 11) is 0. The van der Waals surface area contributed by atoms with Gasteiger partial charge in [-0.05, 0) is 25.9 Å². The van der Waals surface area contributed by atoms with Crippen molar-refractivity contribution in [2.24, 2.45) is 0 Å². The van der Waals surface area contributed by atoms with Crippen LogP contribution in [0.4, 0.5) is 13.2 Å². The summed E-state index contributed by atoms with van der Waals surface area (Å²) < 4.78 is 44.9. The maximum absolute atomic E-state index is 12.5. The fourth-order valence-corrected chi connectivity index (χ4v) is 2.91. The van der Waals surface area contributed by atoms with Gasteiger partial charge in [0.15, 0.2) is 0 Å². The first kappa shape index (κ1) is 12.9. The Hall–Kier alpha value is -1.08. The van der Waals surface area contributed by atoms with Gasteiger partial charge in [-0.2, -0.15) is 18.3 Å². The highest BCUT2D eigenvalue weighted by molar-refractivity contribution is 5.09. The van der Waals surface area contributed by atoms with E-state index in [9.17, 15) is 13.2 Å². The lowest BCUT2D eigenvalue weighted by atomic mass is 9.88. The van der Waals surface area contributed by atoms with Gasteiger partial charge in [-0.3, -0.25) is 4.68 Å². The number of rotatable bonds is 1. The number of ether oxygens (including phenoxy) is 1. The third-order valence-electron chi connectivity index (χ3n) is 4.01. The summed E-state index contributed by atoms with van der Waals surface area (Å²) in [5.74, 6) is 0. The smallest absolute Gasteiger partial charge is 0.373 e. The van der Waals surface area contributed by atoms with Gasteiger partial charge in [0.1, 0.15) is 0 Å². The minimum atomic E-state index is -4.33. The van der Waals surface area contributed by atoms with Gasteiger partial charge in [-0.1, -0.05) is 0 Å². The topological polar surface area (TPSA) is 39.1 Å².